The lowest BCUT2D eigenvalue weighted by Gasteiger charge is -2.19. The van der Waals surface area contributed by atoms with Crippen molar-refractivity contribution in [3.8, 4) is 0 Å². The van der Waals surface area contributed by atoms with E-state index in [9.17, 15) is 14.4 Å². The molecule has 0 aliphatic carbocycles. The number of nitrogens with zero attached hydrogens (tertiary/aromatic N) is 2. The monoisotopic (exact) mass is 467 g/mol. The van der Waals surface area contributed by atoms with Crippen LogP contribution in [0.3, 0.4) is 0 Å². The van der Waals surface area contributed by atoms with Gasteiger partial charge in [0.15, 0.2) is 0 Å². The second-order valence-electron chi connectivity index (χ2n) is 8.28. The summed E-state index contributed by atoms with van der Waals surface area (Å²) in [5, 5.41) is 6.23. The molecule has 1 aliphatic rings. The molecular weight excluding hydrogens is 442 g/mol. The van der Waals surface area contributed by atoms with Crippen molar-refractivity contribution in [1.82, 2.24) is 25.5 Å². The number of imidazole rings is 1. The van der Waals surface area contributed by atoms with Crippen molar-refractivity contribution in [2.75, 3.05) is 19.6 Å². The summed E-state index contributed by atoms with van der Waals surface area (Å²) in [5.74, 6) is -0.0329. The lowest BCUT2D eigenvalue weighted by molar-refractivity contribution is -0.119. The van der Waals surface area contributed by atoms with Gasteiger partial charge in [0.2, 0.25) is 5.91 Å². The van der Waals surface area contributed by atoms with Gasteiger partial charge < -0.3 is 20.5 Å². The lowest BCUT2D eigenvalue weighted by atomic mass is 10.0. The van der Waals surface area contributed by atoms with Crippen LogP contribution in [0.4, 0.5) is 0 Å². The van der Waals surface area contributed by atoms with Gasteiger partial charge in [-0.3, -0.25) is 14.4 Å². The van der Waals surface area contributed by atoms with E-state index in [0.717, 1.165) is 37.0 Å². The van der Waals surface area contributed by atoms with Crippen molar-refractivity contribution in [2.24, 2.45) is 0 Å². The average molecular weight is 468 g/mol. The van der Waals surface area contributed by atoms with E-state index in [-0.39, 0.29) is 24.3 Å². The zero-order valence-electron chi connectivity index (χ0n) is 18.6. The third kappa shape index (κ3) is 5.17. The number of nitrogens with one attached hydrogen (secondary N) is 3. The first kappa shape index (κ1) is 22.8. The molecule has 1 fully saturated rings. The normalized spacial score (nSPS) is 14.3. The van der Waals surface area contributed by atoms with Crippen LogP contribution in [0.15, 0.2) is 36.4 Å². The maximum absolute atomic E-state index is 13.1. The van der Waals surface area contributed by atoms with Gasteiger partial charge in [-0.1, -0.05) is 11.6 Å². The molecule has 3 amide bonds. The van der Waals surface area contributed by atoms with Crippen molar-refractivity contribution >= 4 is 40.4 Å². The predicted molar refractivity (Wildman–Crippen MR) is 126 cm³/mol. The Kier molecular flexibility index (Phi) is 6.65. The lowest BCUT2D eigenvalue weighted by Crippen LogP contribution is -2.37. The predicted octanol–water partition coefficient (Wildman–Crippen LogP) is 3.37. The summed E-state index contributed by atoms with van der Waals surface area (Å²) in [5.41, 5.74) is 3.23. The third-order valence-corrected chi connectivity index (χ3v) is 6.00. The van der Waals surface area contributed by atoms with Gasteiger partial charge in [-0.2, -0.15) is 0 Å². The molecule has 2 aromatic carbocycles. The van der Waals surface area contributed by atoms with Crippen molar-refractivity contribution < 1.29 is 14.4 Å². The van der Waals surface area contributed by atoms with Crippen LogP contribution in [-0.4, -0.2) is 52.2 Å². The molecule has 1 aliphatic heterocycles. The van der Waals surface area contributed by atoms with Gasteiger partial charge in [-0.05, 0) is 61.7 Å². The second-order valence-corrected chi connectivity index (χ2v) is 8.71. The summed E-state index contributed by atoms with van der Waals surface area (Å²) >= 11 is 6.06. The van der Waals surface area contributed by atoms with Crippen LogP contribution in [0.5, 0.6) is 0 Å². The highest BCUT2D eigenvalue weighted by molar-refractivity contribution is 6.31. The average Bonchev–Trinajstić information content (AvgIpc) is 3.45. The fourth-order valence-corrected chi connectivity index (χ4v) is 4.17. The van der Waals surface area contributed by atoms with Gasteiger partial charge in [0.05, 0.1) is 11.0 Å². The van der Waals surface area contributed by atoms with E-state index in [1.54, 1.807) is 30.3 Å². The highest BCUT2D eigenvalue weighted by Gasteiger charge is 2.23. The van der Waals surface area contributed by atoms with E-state index in [1.165, 1.54) is 6.92 Å². The van der Waals surface area contributed by atoms with Crippen molar-refractivity contribution in [3.63, 3.8) is 0 Å². The van der Waals surface area contributed by atoms with Gasteiger partial charge in [0.1, 0.15) is 11.9 Å². The number of benzene rings is 2. The Bertz CT molecular complexity index is 1220. The van der Waals surface area contributed by atoms with E-state index in [2.05, 4.69) is 20.6 Å². The number of aryl methyl sites for hydroxylation is 1. The number of fused-ring (bicyclic) bond motifs is 1. The SMILES string of the molecule is CC(=O)NCC(NC(=O)c1ccc(C(=O)N2CCCC2)c(C)c1)c1nc2cc(Cl)ccc2[nH]1. The topological polar surface area (TPSA) is 107 Å². The van der Waals surface area contributed by atoms with Crippen LogP contribution >= 0.6 is 11.6 Å². The van der Waals surface area contributed by atoms with Gasteiger partial charge in [-0.25, -0.2) is 4.98 Å². The number of halogens is 1. The molecular formula is C24H26ClN5O3. The Balaban J connectivity index is 1.55. The van der Waals surface area contributed by atoms with Crippen molar-refractivity contribution in [1.29, 1.82) is 0 Å². The minimum atomic E-state index is -0.584. The molecule has 1 atom stereocenters. The Morgan fingerprint density at radius 1 is 1.15 bits per heavy atom. The minimum absolute atomic E-state index is 0.00132. The van der Waals surface area contributed by atoms with Gasteiger partial charge in [0, 0.05) is 42.7 Å². The smallest absolute Gasteiger partial charge is 0.254 e. The van der Waals surface area contributed by atoms with Gasteiger partial charge >= 0.3 is 0 Å². The fourth-order valence-electron chi connectivity index (χ4n) is 4.00. The molecule has 1 unspecified atom stereocenters. The molecule has 8 nitrogen and oxygen atoms in total. The quantitative estimate of drug-likeness (QED) is 0.516. The van der Waals surface area contributed by atoms with Crippen LogP contribution in [0.25, 0.3) is 11.0 Å². The van der Waals surface area contributed by atoms with Gasteiger partial charge in [0.25, 0.3) is 11.8 Å². The zero-order valence-corrected chi connectivity index (χ0v) is 19.3. The first-order chi connectivity index (χ1) is 15.8. The standard InChI is InChI=1S/C24H26ClN5O3/c1-14-11-16(5-7-18(14)24(33)30-9-3-4-10-30)23(32)29-21(13-26-15(2)31)22-27-19-8-6-17(25)12-20(19)28-22/h5-8,11-12,21H,3-4,9-10,13H2,1-2H3,(H,26,31)(H,27,28)(H,29,32). The zero-order chi connectivity index (χ0) is 23.5. The number of hydrogen-bond donors (Lipinski definition) is 3. The molecule has 0 spiro atoms. The molecule has 9 heteroatoms. The molecule has 33 heavy (non-hydrogen) atoms. The Morgan fingerprint density at radius 3 is 2.61 bits per heavy atom. The number of H-pyrrole nitrogens is 1. The number of amides is 3. The Labute approximate surface area is 196 Å². The fraction of sp³-hybridized carbons (Fsp3) is 0.333. The van der Waals surface area contributed by atoms with E-state index in [0.29, 0.717) is 27.5 Å². The second kappa shape index (κ2) is 9.62. The van der Waals surface area contributed by atoms with Crippen molar-refractivity contribution in [3.05, 3.63) is 63.9 Å². The summed E-state index contributed by atoms with van der Waals surface area (Å²) < 4.78 is 0. The highest BCUT2D eigenvalue weighted by Crippen LogP contribution is 2.21. The number of aromatic amines is 1. The molecule has 0 radical (unpaired) electrons. The molecule has 0 bridgehead atoms. The highest BCUT2D eigenvalue weighted by atomic mass is 35.5. The number of aromatic nitrogens is 2. The van der Waals surface area contributed by atoms with E-state index in [1.807, 2.05) is 17.9 Å². The number of hydrogen-bond acceptors (Lipinski definition) is 4. The van der Waals surface area contributed by atoms with Crippen molar-refractivity contribution in [2.45, 2.75) is 32.7 Å². The maximum Gasteiger partial charge on any atom is 0.254 e. The molecule has 3 aromatic rings. The molecule has 4 rings (SSSR count). The Hall–Kier alpha value is -3.39. The van der Waals surface area contributed by atoms with Crippen LogP contribution in [0.2, 0.25) is 5.02 Å². The number of carbonyl (C=O) groups is 3. The minimum Gasteiger partial charge on any atom is -0.354 e. The number of carbonyl (C=O) groups excluding carboxylic acids is 3. The molecule has 1 saturated heterocycles. The molecule has 1 aromatic heterocycles. The van der Waals surface area contributed by atoms with E-state index in [4.69, 9.17) is 11.6 Å². The van der Waals surface area contributed by atoms with Crippen LogP contribution in [0, 0.1) is 6.92 Å². The van der Waals surface area contributed by atoms with Gasteiger partial charge in [-0.15, -0.1) is 0 Å². The largest absolute Gasteiger partial charge is 0.354 e. The first-order valence-corrected chi connectivity index (χ1v) is 11.3. The van der Waals surface area contributed by atoms with E-state index < -0.39 is 6.04 Å². The third-order valence-electron chi connectivity index (χ3n) is 5.77. The molecule has 2 heterocycles. The molecule has 0 saturated carbocycles. The summed E-state index contributed by atoms with van der Waals surface area (Å²) in [6.07, 6.45) is 2.05. The number of rotatable bonds is 6. The first-order valence-electron chi connectivity index (χ1n) is 10.9. The summed E-state index contributed by atoms with van der Waals surface area (Å²) in [6.45, 7) is 4.95. The molecule has 172 valence electrons. The Morgan fingerprint density at radius 2 is 1.91 bits per heavy atom. The summed E-state index contributed by atoms with van der Waals surface area (Å²) in [7, 11) is 0. The summed E-state index contributed by atoms with van der Waals surface area (Å²) in [6, 6.07) is 9.78. The van der Waals surface area contributed by atoms with Crippen LogP contribution in [0.1, 0.15) is 57.9 Å². The maximum atomic E-state index is 13.1. The van der Waals surface area contributed by atoms with E-state index >= 15 is 0 Å². The van der Waals surface area contributed by atoms with Crippen LogP contribution in [-0.2, 0) is 4.79 Å². The van der Waals surface area contributed by atoms with Crippen LogP contribution < -0.4 is 10.6 Å². The number of likely N-dealkylation sites (tertiary alicyclic amines) is 1. The molecule has 3 N–H and O–H groups in total. The summed E-state index contributed by atoms with van der Waals surface area (Å²) in [4.78, 5) is 46.9.